The molecule has 2 N–H and O–H groups in total. The SMILES string of the molecule is Cc1c(C(=O)N2C[C@@H](O)[C@@H](O)C2)oc2c(F)cccc12. The number of halogens is 1. The van der Waals surface area contributed by atoms with Crippen LogP contribution in [0.1, 0.15) is 16.1 Å². The van der Waals surface area contributed by atoms with Gasteiger partial charge >= 0.3 is 0 Å². The standard InChI is InChI=1S/C14H14FNO4/c1-7-8-3-2-4-9(15)13(8)20-12(7)14(19)16-5-10(17)11(18)6-16/h2-4,10-11,17-18H,5-6H2,1H3/t10-,11+. The van der Waals surface area contributed by atoms with E-state index in [1.807, 2.05) is 0 Å². The van der Waals surface area contributed by atoms with Crippen LogP contribution >= 0.6 is 0 Å². The smallest absolute Gasteiger partial charge is 0.290 e. The van der Waals surface area contributed by atoms with Crippen molar-refractivity contribution in [3.8, 4) is 0 Å². The molecule has 0 spiro atoms. The van der Waals surface area contributed by atoms with Gasteiger partial charge in [0, 0.05) is 24.0 Å². The highest BCUT2D eigenvalue weighted by molar-refractivity contribution is 5.99. The molecule has 2 aromatic rings. The molecule has 1 saturated heterocycles. The van der Waals surface area contributed by atoms with E-state index in [0.29, 0.717) is 10.9 Å². The molecule has 1 aromatic carbocycles. The van der Waals surface area contributed by atoms with E-state index in [2.05, 4.69) is 0 Å². The number of hydrogen-bond acceptors (Lipinski definition) is 4. The Bertz CT molecular complexity index is 671. The predicted molar refractivity (Wildman–Crippen MR) is 68.8 cm³/mol. The first-order chi connectivity index (χ1) is 9.49. The van der Waals surface area contributed by atoms with Crippen molar-refractivity contribution in [3.05, 3.63) is 35.3 Å². The summed E-state index contributed by atoms with van der Waals surface area (Å²) in [6.07, 6.45) is -1.92. The average molecular weight is 279 g/mol. The number of β-amino-alcohol motifs (C(OH)–C–C–N with tert-alkyl or cyclic N) is 2. The maximum absolute atomic E-state index is 13.6. The van der Waals surface area contributed by atoms with Gasteiger partial charge in [0.15, 0.2) is 17.2 Å². The fraction of sp³-hybridized carbons (Fsp3) is 0.357. The Morgan fingerprint density at radius 2 is 2.00 bits per heavy atom. The number of nitrogens with zero attached hydrogens (tertiary/aromatic N) is 1. The Kier molecular flexibility index (Phi) is 2.99. The Morgan fingerprint density at radius 1 is 1.35 bits per heavy atom. The van der Waals surface area contributed by atoms with Gasteiger partial charge in [-0.2, -0.15) is 0 Å². The van der Waals surface area contributed by atoms with Crippen LogP contribution in [0.4, 0.5) is 4.39 Å². The molecule has 5 nitrogen and oxygen atoms in total. The number of para-hydroxylation sites is 1. The summed E-state index contributed by atoms with van der Waals surface area (Å²) in [4.78, 5) is 13.6. The number of aliphatic hydroxyl groups is 2. The molecule has 0 unspecified atom stereocenters. The minimum atomic E-state index is -0.958. The van der Waals surface area contributed by atoms with Crippen LogP contribution in [0, 0.1) is 12.7 Å². The third kappa shape index (κ3) is 1.88. The Hall–Kier alpha value is -1.92. The van der Waals surface area contributed by atoms with Gasteiger partial charge in [0.25, 0.3) is 5.91 Å². The number of amides is 1. The van der Waals surface area contributed by atoms with E-state index in [1.54, 1.807) is 19.1 Å². The summed E-state index contributed by atoms with van der Waals surface area (Å²) in [5, 5.41) is 19.5. The minimum absolute atomic E-state index is 0.0406. The summed E-state index contributed by atoms with van der Waals surface area (Å²) < 4.78 is 19.0. The van der Waals surface area contributed by atoms with Gasteiger partial charge < -0.3 is 19.5 Å². The van der Waals surface area contributed by atoms with Gasteiger partial charge in [0.2, 0.25) is 0 Å². The number of carbonyl (C=O) groups is 1. The van der Waals surface area contributed by atoms with Gasteiger partial charge in [-0.25, -0.2) is 4.39 Å². The first-order valence-electron chi connectivity index (χ1n) is 6.32. The molecule has 1 aromatic heterocycles. The first kappa shape index (κ1) is 13.1. The minimum Gasteiger partial charge on any atom is -0.448 e. The second kappa shape index (κ2) is 4.57. The van der Waals surface area contributed by atoms with Crippen LogP contribution in [0.3, 0.4) is 0 Å². The number of aliphatic hydroxyl groups excluding tert-OH is 2. The second-order valence-corrected chi connectivity index (χ2v) is 5.02. The normalized spacial score (nSPS) is 22.7. The van der Waals surface area contributed by atoms with Crippen LogP contribution in [-0.2, 0) is 0 Å². The second-order valence-electron chi connectivity index (χ2n) is 5.02. The molecule has 1 aliphatic rings. The topological polar surface area (TPSA) is 73.9 Å². The number of rotatable bonds is 1. The molecular formula is C14H14FNO4. The van der Waals surface area contributed by atoms with E-state index < -0.39 is 23.9 Å². The molecule has 0 aliphatic carbocycles. The van der Waals surface area contributed by atoms with Crippen LogP contribution < -0.4 is 0 Å². The van der Waals surface area contributed by atoms with Crippen molar-refractivity contribution >= 4 is 16.9 Å². The molecule has 6 heteroatoms. The van der Waals surface area contributed by atoms with Gasteiger partial charge in [0.1, 0.15) is 0 Å². The number of benzene rings is 1. The third-order valence-corrected chi connectivity index (χ3v) is 3.66. The van der Waals surface area contributed by atoms with Gasteiger partial charge in [-0.15, -0.1) is 0 Å². The van der Waals surface area contributed by atoms with E-state index in [1.165, 1.54) is 11.0 Å². The van der Waals surface area contributed by atoms with Crippen molar-refractivity contribution in [3.63, 3.8) is 0 Å². The summed E-state index contributed by atoms with van der Waals surface area (Å²) >= 11 is 0. The van der Waals surface area contributed by atoms with E-state index in [4.69, 9.17) is 4.42 Å². The highest BCUT2D eigenvalue weighted by Crippen LogP contribution is 2.28. The Morgan fingerprint density at radius 3 is 2.60 bits per heavy atom. The highest BCUT2D eigenvalue weighted by atomic mass is 19.1. The van der Waals surface area contributed by atoms with E-state index in [-0.39, 0.29) is 24.4 Å². The summed E-state index contributed by atoms with van der Waals surface area (Å²) in [6, 6.07) is 4.50. The van der Waals surface area contributed by atoms with E-state index in [0.717, 1.165) is 0 Å². The molecule has 0 saturated carbocycles. The summed E-state index contributed by atoms with van der Waals surface area (Å²) in [6.45, 7) is 1.76. The lowest BCUT2D eigenvalue weighted by Crippen LogP contribution is -2.29. The third-order valence-electron chi connectivity index (χ3n) is 3.66. The Labute approximate surface area is 114 Å². The highest BCUT2D eigenvalue weighted by Gasteiger charge is 2.35. The molecular weight excluding hydrogens is 265 g/mol. The van der Waals surface area contributed by atoms with Crippen molar-refractivity contribution in [2.45, 2.75) is 19.1 Å². The van der Waals surface area contributed by atoms with Crippen molar-refractivity contribution in [2.75, 3.05) is 13.1 Å². The fourth-order valence-electron chi connectivity index (χ4n) is 2.49. The first-order valence-corrected chi connectivity index (χ1v) is 6.32. The largest absolute Gasteiger partial charge is 0.448 e. The molecule has 2 atom stereocenters. The Balaban J connectivity index is 2.00. The van der Waals surface area contributed by atoms with Crippen LogP contribution in [0.15, 0.2) is 22.6 Å². The van der Waals surface area contributed by atoms with Crippen molar-refractivity contribution < 1.29 is 23.8 Å². The van der Waals surface area contributed by atoms with E-state index in [9.17, 15) is 19.4 Å². The van der Waals surface area contributed by atoms with E-state index >= 15 is 0 Å². The lowest BCUT2D eigenvalue weighted by molar-refractivity contribution is 0.0572. The average Bonchev–Trinajstić information content (AvgIpc) is 2.92. The maximum atomic E-state index is 13.6. The number of aryl methyl sites for hydroxylation is 1. The van der Waals surface area contributed by atoms with Crippen molar-refractivity contribution in [2.24, 2.45) is 0 Å². The lowest BCUT2D eigenvalue weighted by atomic mass is 10.1. The number of likely N-dealkylation sites (tertiary alicyclic amines) is 1. The quantitative estimate of drug-likeness (QED) is 0.818. The molecule has 1 amide bonds. The molecule has 1 aliphatic heterocycles. The molecule has 2 heterocycles. The molecule has 0 bridgehead atoms. The number of carbonyl (C=O) groups excluding carboxylic acids is 1. The molecule has 0 radical (unpaired) electrons. The van der Waals surface area contributed by atoms with Crippen molar-refractivity contribution in [1.82, 2.24) is 4.90 Å². The summed E-state index contributed by atoms with van der Waals surface area (Å²) in [5.41, 5.74) is 0.606. The van der Waals surface area contributed by atoms with Gasteiger partial charge in [-0.1, -0.05) is 12.1 Å². The number of furan rings is 1. The van der Waals surface area contributed by atoms with Gasteiger partial charge in [-0.05, 0) is 13.0 Å². The molecule has 1 fully saturated rings. The van der Waals surface area contributed by atoms with Gasteiger partial charge in [-0.3, -0.25) is 4.79 Å². The van der Waals surface area contributed by atoms with Crippen LogP contribution in [-0.4, -0.2) is 46.3 Å². The predicted octanol–water partition coefficient (Wildman–Crippen LogP) is 1.06. The zero-order chi connectivity index (χ0) is 14.4. The van der Waals surface area contributed by atoms with Crippen LogP contribution in [0.25, 0.3) is 11.0 Å². The zero-order valence-corrected chi connectivity index (χ0v) is 10.8. The number of fused-ring (bicyclic) bond motifs is 1. The molecule has 106 valence electrons. The zero-order valence-electron chi connectivity index (χ0n) is 10.8. The van der Waals surface area contributed by atoms with Crippen LogP contribution in [0.2, 0.25) is 0 Å². The fourth-order valence-corrected chi connectivity index (χ4v) is 2.49. The lowest BCUT2D eigenvalue weighted by Gasteiger charge is -2.13. The summed E-state index contributed by atoms with van der Waals surface area (Å²) in [5.74, 6) is -0.925. The summed E-state index contributed by atoms with van der Waals surface area (Å²) in [7, 11) is 0. The van der Waals surface area contributed by atoms with Gasteiger partial charge in [0.05, 0.1) is 12.2 Å². The molecule has 20 heavy (non-hydrogen) atoms. The maximum Gasteiger partial charge on any atom is 0.290 e. The number of hydrogen-bond donors (Lipinski definition) is 2. The molecule has 3 rings (SSSR count). The monoisotopic (exact) mass is 279 g/mol. The van der Waals surface area contributed by atoms with Crippen LogP contribution in [0.5, 0.6) is 0 Å². The van der Waals surface area contributed by atoms with Crippen molar-refractivity contribution in [1.29, 1.82) is 0 Å².